The van der Waals surface area contributed by atoms with Crippen LogP contribution in [0, 0.1) is 5.82 Å². The van der Waals surface area contributed by atoms with E-state index in [1.165, 1.54) is 28.0 Å². The lowest BCUT2D eigenvalue weighted by atomic mass is 9.85. The van der Waals surface area contributed by atoms with Crippen molar-refractivity contribution in [1.29, 1.82) is 0 Å². The molecule has 0 spiro atoms. The molecule has 0 saturated heterocycles. The van der Waals surface area contributed by atoms with Crippen molar-refractivity contribution in [3.8, 4) is 22.3 Å². The molecule has 6 aromatic carbocycles. The van der Waals surface area contributed by atoms with Crippen molar-refractivity contribution in [2.24, 2.45) is 0 Å². The van der Waals surface area contributed by atoms with Gasteiger partial charge in [0.05, 0.1) is 6.26 Å². The summed E-state index contributed by atoms with van der Waals surface area (Å²) < 4.78 is 20.6. The predicted octanol–water partition coefficient (Wildman–Crippen LogP) is 9.37. The molecule has 0 aliphatic heterocycles. The highest BCUT2D eigenvalue weighted by molar-refractivity contribution is 6.23. The molecule has 0 N–H and O–H groups in total. The summed E-state index contributed by atoms with van der Waals surface area (Å²) in [5.41, 5.74) is 4.83. The van der Waals surface area contributed by atoms with Crippen LogP contribution < -0.4 is 0 Å². The third-order valence-electron chi connectivity index (χ3n) is 6.75. The fourth-order valence-corrected chi connectivity index (χ4v) is 5.31. The van der Waals surface area contributed by atoms with Crippen LogP contribution in [0.25, 0.3) is 65.5 Å². The highest BCUT2D eigenvalue weighted by atomic mass is 19.1. The van der Waals surface area contributed by atoms with Gasteiger partial charge in [-0.05, 0) is 67.7 Å². The van der Waals surface area contributed by atoms with Crippen LogP contribution >= 0.6 is 0 Å². The Labute approximate surface area is 195 Å². The maximum Gasteiger partial charge on any atom is 0.141 e. The molecule has 1 aromatic heterocycles. The summed E-state index contributed by atoms with van der Waals surface area (Å²) in [6.45, 7) is 0. The Morgan fingerprint density at radius 2 is 1.12 bits per heavy atom. The fourth-order valence-electron chi connectivity index (χ4n) is 5.31. The van der Waals surface area contributed by atoms with Crippen molar-refractivity contribution in [2.75, 3.05) is 0 Å². The molecule has 34 heavy (non-hydrogen) atoms. The zero-order chi connectivity index (χ0) is 22.6. The van der Waals surface area contributed by atoms with E-state index >= 15 is 0 Å². The Morgan fingerprint density at radius 3 is 1.82 bits per heavy atom. The standard InChI is InChI=1S/C32H19FO/c33-24-18-23-15-16-34-32(23)29(19-24)31-27-11-5-3-9-25(27)30(26-10-4-6-12-28(26)31)22-14-13-20-7-1-2-8-21(20)17-22/h1-19H. The minimum atomic E-state index is -0.268. The monoisotopic (exact) mass is 438 g/mol. The van der Waals surface area contributed by atoms with Crippen molar-refractivity contribution in [3.63, 3.8) is 0 Å². The van der Waals surface area contributed by atoms with Crippen LogP contribution in [-0.4, -0.2) is 0 Å². The molecule has 1 nitrogen and oxygen atoms in total. The lowest BCUT2D eigenvalue weighted by Crippen LogP contribution is -1.92. The summed E-state index contributed by atoms with van der Waals surface area (Å²) >= 11 is 0. The predicted molar refractivity (Wildman–Crippen MR) is 140 cm³/mol. The van der Waals surface area contributed by atoms with Crippen LogP contribution in [0.4, 0.5) is 4.39 Å². The number of hydrogen-bond donors (Lipinski definition) is 0. The summed E-state index contributed by atoms with van der Waals surface area (Å²) in [6.07, 6.45) is 1.63. The van der Waals surface area contributed by atoms with E-state index in [2.05, 4.69) is 78.9 Å². The first kappa shape index (κ1) is 19.1. The molecule has 0 aliphatic carbocycles. The maximum absolute atomic E-state index is 14.7. The fraction of sp³-hybridized carbons (Fsp3) is 0. The third kappa shape index (κ3) is 2.79. The molecule has 0 fully saturated rings. The van der Waals surface area contributed by atoms with Crippen LogP contribution in [0.3, 0.4) is 0 Å². The lowest BCUT2D eigenvalue weighted by molar-refractivity contribution is 0.611. The van der Waals surface area contributed by atoms with E-state index in [0.29, 0.717) is 5.58 Å². The van der Waals surface area contributed by atoms with E-state index in [4.69, 9.17) is 4.42 Å². The first-order valence-corrected chi connectivity index (χ1v) is 11.4. The molecule has 160 valence electrons. The second-order valence-electron chi connectivity index (χ2n) is 8.70. The van der Waals surface area contributed by atoms with Gasteiger partial charge >= 0.3 is 0 Å². The number of fused-ring (bicyclic) bond motifs is 4. The number of hydrogen-bond acceptors (Lipinski definition) is 1. The second-order valence-corrected chi connectivity index (χ2v) is 8.70. The molecule has 0 saturated carbocycles. The van der Waals surface area contributed by atoms with E-state index in [9.17, 15) is 4.39 Å². The minimum absolute atomic E-state index is 0.268. The molecule has 0 radical (unpaired) electrons. The van der Waals surface area contributed by atoms with Gasteiger partial charge in [-0.1, -0.05) is 84.9 Å². The van der Waals surface area contributed by atoms with Crippen LogP contribution in [0.1, 0.15) is 0 Å². The molecule has 0 atom stereocenters. The first-order valence-electron chi connectivity index (χ1n) is 11.4. The molecule has 0 unspecified atom stereocenters. The zero-order valence-electron chi connectivity index (χ0n) is 18.3. The van der Waals surface area contributed by atoms with Crippen molar-refractivity contribution < 1.29 is 8.81 Å². The van der Waals surface area contributed by atoms with E-state index < -0.39 is 0 Å². The van der Waals surface area contributed by atoms with Crippen LogP contribution in [0.5, 0.6) is 0 Å². The van der Waals surface area contributed by atoms with Gasteiger partial charge in [-0.15, -0.1) is 0 Å². The first-order chi connectivity index (χ1) is 16.8. The van der Waals surface area contributed by atoms with E-state index in [-0.39, 0.29) is 5.82 Å². The Hall–Kier alpha value is -4.43. The largest absolute Gasteiger partial charge is 0.464 e. The van der Waals surface area contributed by atoms with Crippen molar-refractivity contribution in [1.82, 2.24) is 0 Å². The van der Waals surface area contributed by atoms with Gasteiger partial charge in [-0.25, -0.2) is 4.39 Å². The van der Waals surface area contributed by atoms with Gasteiger partial charge < -0.3 is 4.42 Å². The molecule has 1 heterocycles. The topological polar surface area (TPSA) is 13.1 Å². The third-order valence-corrected chi connectivity index (χ3v) is 6.75. The van der Waals surface area contributed by atoms with Gasteiger partial charge in [0.1, 0.15) is 11.4 Å². The van der Waals surface area contributed by atoms with Crippen molar-refractivity contribution in [3.05, 3.63) is 121 Å². The van der Waals surface area contributed by atoms with Crippen molar-refractivity contribution in [2.45, 2.75) is 0 Å². The molecule has 7 rings (SSSR count). The molecular weight excluding hydrogens is 419 g/mol. The Balaban J connectivity index is 1.66. The second kappa shape index (κ2) is 7.29. The average Bonchev–Trinajstić information content (AvgIpc) is 3.35. The van der Waals surface area contributed by atoms with E-state index in [0.717, 1.165) is 38.1 Å². The Morgan fingerprint density at radius 1 is 0.500 bits per heavy atom. The van der Waals surface area contributed by atoms with Crippen LogP contribution in [0.2, 0.25) is 0 Å². The number of rotatable bonds is 2. The summed E-state index contributed by atoms with van der Waals surface area (Å²) in [4.78, 5) is 0. The van der Waals surface area contributed by atoms with Gasteiger partial charge in [0.2, 0.25) is 0 Å². The molecule has 7 aromatic rings. The molecule has 2 heteroatoms. The number of benzene rings is 6. The summed E-state index contributed by atoms with van der Waals surface area (Å²) in [6, 6.07) is 36.8. The molecular formula is C32H19FO. The Kier molecular flexibility index (Phi) is 4.09. The van der Waals surface area contributed by atoms with E-state index in [1.54, 1.807) is 12.3 Å². The van der Waals surface area contributed by atoms with Gasteiger partial charge in [0, 0.05) is 16.5 Å². The van der Waals surface area contributed by atoms with E-state index in [1.807, 2.05) is 18.2 Å². The van der Waals surface area contributed by atoms with Gasteiger partial charge in [0.15, 0.2) is 0 Å². The van der Waals surface area contributed by atoms with Crippen LogP contribution in [-0.2, 0) is 0 Å². The van der Waals surface area contributed by atoms with Gasteiger partial charge in [0.25, 0.3) is 0 Å². The summed E-state index contributed by atoms with van der Waals surface area (Å²) in [5, 5.41) is 7.61. The van der Waals surface area contributed by atoms with Gasteiger partial charge in [-0.3, -0.25) is 0 Å². The normalized spacial score (nSPS) is 11.7. The average molecular weight is 439 g/mol. The quantitative estimate of drug-likeness (QED) is 0.245. The summed E-state index contributed by atoms with van der Waals surface area (Å²) in [7, 11) is 0. The highest BCUT2D eigenvalue weighted by Crippen LogP contribution is 2.45. The smallest absolute Gasteiger partial charge is 0.141 e. The molecule has 0 aliphatic rings. The van der Waals surface area contributed by atoms with Gasteiger partial charge in [-0.2, -0.15) is 0 Å². The number of furan rings is 1. The lowest BCUT2D eigenvalue weighted by Gasteiger charge is -2.18. The minimum Gasteiger partial charge on any atom is -0.464 e. The maximum atomic E-state index is 14.7. The highest BCUT2D eigenvalue weighted by Gasteiger charge is 2.19. The molecule has 0 bridgehead atoms. The zero-order valence-corrected chi connectivity index (χ0v) is 18.3. The van der Waals surface area contributed by atoms with Crippen molar-refractivity contribution >= 4 is 43.3 Å². The Bertz CT molecular complexity index is 1820. The van der Waals surface area contributed by atoms with Crippen LogP contribution in [0.15, 0.2) is 120 Å². The number of halogens is 1. The molecule has 0 amide bonds. The SMILES string of the molecule is Fc1cc(-c2c3ccccc3c(-c3ccc4ccccc4c3)c3ccccc23)c2occc2c1. The summed E-state index contributed by atoms with van der Waals surface area (Å²) in [5.74, 6) is -0.268.